The van der Waals surface area contributed by atoms with Gasteiger partial charge in [-0.3, -0.25) is 4.90 Å². The van der Waals surface area contributed by atoms with E-state index >= 15 is 0 Å². The van der Waals surface area contributed by atoms with Crippen molar-refractivity contribution in [2.24, 2.45) is 23.0 Å². The van der Waals surface area contributed by atoms with Crippen LogP contribution in [-0.4, -0.2) is 92.6 Å². The Morgan fingerprint density at radius 2 is 1.67 bits per heavy atom. The number of cyclic esters (lactones) is 1. The van der Waals surface area contributed by atoms with Crippen LogP contribution in [0.5, 0.6) is 17.2 Å². The summed E-state index contributed by atoms with van der Waals surface area (Å²) >= 11 is 1.54. The van der Waals surface area contributed by atoms with Crippen LogP contribution in [0.4, 0.5) is 4.79 Å². The normalized spacial score (nSPS) is 21.6. The molecule has 3 aromatic rings. The zero-order valence-corrected chi connectivity index (χ0v) is 29.5. The lowest BCUT2D eigenvalue weighted by molar-refractivity contribution is 0.139. The quantitative estimate of drug-likeness (QED) is 0.282. The first-order valence-electron chi connectivity index (χ1n) is 16.0. The molecule has 1 aromatic heterocycles. The zero-order valence-electron chi connectivity index (χ0n) is 28.7. The molecule has 0 saturated carbocycles. The standard InChI is InChI=1S/C35H43N5O7S/c1-19(2)30-33(46-8)37-24(32(38-30)45-7)15-26-34(36-18-39(26)3)48-31-23-14-21-17-47-35(41)40(21)25(13-20-9-11-22(42-4)12-10-20)29(23)27(43-5)16-28(31)44-6/h9-12,16,18-19,21,24-25,30H,13-15,17H2,1-8H3/t21-,24-,25-,30-/m0/s1. The van der Waals surface area contributed by atoms with Crippen molar-refractivity contribution in [3.8, 4) is 17.2 Å². The number of methoxy groups -OCH3 is 5. The number of ether oxygens (including phenoxy) is 6. The van der Waals surface area contributed by atoms with E-state index in [9.17, 15) is 4.79 Å². The van der Waals surface area contributed by atoms with Crippen molar-refractivity contribution in [1.82, 2.24) is 14.5 Å². The van der Waals surface area contributed by atoms with Crippen molar-refractivity contribution >= 4 is 29.7 Å². The van der Waals surface area contributed by atoms with E-state index in [0.717, 1.165) is 38.1 Å². The monoisotopic (exact) mass is 677 g/mol. The third-order valence-corrected chi connectivity index (χ3v) is 10.4. The molecular formula is C35H43N5O7S. The van der Waals surface area contributed by atoms with Gasteiger partial charge in [-0.25, -0.2) is 19.8 Å². The van der Waals surface area contributed by atoms with Gasteiger partial charge in [-0.15, -0.1) is 0 Å². The number of aromatic nitrogens is 2. The Labute approximate surface area is 285 Å². The molecule has 12 nitrogen and oxygen atoms in total. The number of rotatable bonds is 10. The number of hydrogen-bond donors (Lipinski definition) is 0. The predicted molar refractivity (Wildman–Crippen MR) is 182 cm³/mol. The Morgan fingerprint density at radius 3 is 2.31 bits per heavy atom. The molecule has 0 bridgehead atoms. The van der Waals surface area contributed by atoms with Gasteiger partial charge in [0.25, 0.3) is 0 Å². The number of imidazole rings is 1. The van der Waals surface area contributed by atoms with Crippen LogP contribution in [0.25, 0.3) is 0 Å². The van der Waals surface area contributed by atoms with Crippen LogP contribution in [0.15, 0.2) is 56.6 Å². The summed E-state index contributed by atoms with van der Waals surface area (Å²) < 4.78 is 36.4. The number of aryl methyl sites for hydroxylation is 1. The molecule has 2 aromatic carbocycles. The number of fused-ring (bicyclic) bond motifs is 2. The lowest BCUT2D eigenvalue weighted by Gasteiger charge is -2.39. The number of amides is 1. The Kier molecular flexibility index (Phi) is 9.77. The first kappa shape index (κ1) is 33.5. The lowest BCUT2D eigenvalue weighted by atomic mass is 9.85. The molecule has 0 aliphatic carbocycles. The van der Waals surface area contributed by atoms with Crippen LogP contribution < -0.4 is 14.2 Å². The third-order valence-electron chi connectivity index (χ3n) is 9.23. The summed E-state index contributed by atoms with van der Waals surface area (Å²) in [6.45, 7) is 4.49. The highest BCUT2D eigenvalue weighted by Crippen LogP contribution is 2.51. The van der Waals surface area contributed by atoms with Crippen LogP contribution >= 0.6 is 11.8 Å². The summed E-state index contributed by atoms with van der Waals surface area (Å²) in [5.41, 5.74) is 4.03. The molecule has 4 atom stereocenters. The maximum Gasteiger partial charge on any atom is 0.410 e. The Balaban J connectivity index is 1.41. The molecule has 1 fully saturated rings. The van der Waals surface area contributed by atoms with Gasteiger partial charge in [-0.05, 0) is 42.0 Å². The summed E-state index contributed by atoms with van der Waals surface area (Å²) in [7, 11) is 10.2. The van der Waals surface area contributed by atoms with Gasteiger partial charge >= 0.3 is 6.09 Å². The van der Waals surface area contributed by atoms with Gasteiger partial charge < -0.3 is 33.0 Å². The largest absolute Gasteiger partial charge is 0.497 e. The average Bonchev–Trinajstić information content (AvgIpc) is 3.65. The lowest BCUT2D eigenvalue weighted by Crippen LogP contribution is -2.43. The molecule has 0 spiro atoms. The maximum absolute atomic E-state index is 13.2. The summed E-state index contributed by atoms with van der Waals surface area (Å²) in [5, 5.41) is 0.812. The highest BCUT2D eigenvalue weighted by Gasteiger charge is 2.46. The van der Waals surface area contributed by atoms with E-state index in [1.807, 2.05) is 53.2 Å². The smallest absolute Gasteiger partial charge is 0.410 e. The van der Waals surface area contributed by atoms with Gasteiger partial charge in [0.1, 0.15) is 41.0 Å². The van der Waals surface area contributed by atoms with Gasteiger partial charge in [0, 0.05) is 25.1 Å². The Bertz CT molecular complexity index is 1720. The second-order valence-corrected chi connectivity index (χ2v) is 13.4. The molecule has 1 amide bonds. The fraction of sp³-hybridized carbons (Fsp3) is 0.486. The van der Waals surface area contributed by atoms with E-state index < -0.39 is 0 Å². The first-order chi connectivity index (χ1) is 23.2. The fourth-order valence-corrected chi connectivity index (χ4v) is 7.97. The molecule has 0 radical (unpaired) electrons. The van der Waals surface area contributed by atoms with E-state index in [4.69, 9.17) is 43.4 Å². The second kappa shape index (κ2) is 14.0. The zero-order chi connectivity index (χ0) is 34.1. The van der Waals surface area contributed by atoms with E-state index in [2.05, 4.69) is 13.8 Å². The molecule has 13 heteroatoms. The SMILES string of the molecule is COC1=N[C@@H](C(C)C)C(OC)=N[C@H]1Cc1c(Sc2c(OC)cc(OC)c3c2C[C@H]2COC(=O)N2[C@H]3Cc2ccc(OC)cc2)ncn1C. The van der Waals surface area contributed by atoms with Crippen molar-refractivity contribution in [3.63, 3.8) is 0 Å². The maximum atomic E-state index is 13.2. The summed E-state index contributed by atoms with van der Waals surface area (Å²) in [6.07, 6.45) is 3.15. The van der Waals surface area contributed by atoms with E-state index in [-0.39, 0.29) is 36.2 Å². The molecule has 0 N–H and O–H groups in total. The van der Waals surface area contributed by atoms with Crippen LogP contribution in [0.3, 0.4) is 0 Å². The van der Waals surface area contributed by atoms with Crippen LogP contribution in [0.2, 0.25) is 0 Å². The number of benzene rings is 2. The van der Waals surface area contributed by atoms with Gasteiger partial charge in [0.15, 0.2) is 0 Å². The van der Waals surface area contributed by atoms with Gasteiger partial charge in [0.05, 0.1) is 64.5 Å². The van der Waals surface area contributed by atoms with Gasteiger partial charge in [0.2, 0.25) is 11.8 Å². The van der Waals surface area contributed by atoms with E-state index in [1.165, 1.54) is 0 Å². The highest BCUT2D eigenvalue weighted by molar-refractivity contribution is 7.99. The Morgan fingerprint density at radius 1 is 0.938 bits per heavy atom. The van der Waals surface area contributed by atoms with Crippen molar-refractivity contribution in [1.29, 1.82) is 0 Å². The van der Waals surface area contributed by atoms with Crippen molar-refractivity contribution in [2.45, 2.75) is 67.2 Å². The molecule has 3 aliphatic rings. The summed E-state index contributed by atoms with van der Waals surface area (Å²) in [6, 6.07) is 8.81. The van der Waals surface area contributed by atoms with Crippen molar-refractivity contribution < 1.29 is 33.2 Å². The number of hydrogen-bond acceptors (Lipinski definition) is 11. The van der Waals surface area contributed by atoms with Gasteiger partial charge in [-0.2, -0.15) is 0 Å². The molecule has 6 rings (SSSR count). The molecular weight excluding hydrogens is 634 g/mol. The van der Waals surface area contributed by atoms with Crippen LogP contribution in [0, 0.1) is 5.92 Å². The van der Waals surface area contributed by atoms with Gasteiger partial charge in [-0.1, -0.05) is 37.7 Å². The van der Waals surface area contributed by atoms with Crippen molar-refractivity contribution in [3.05, 3.63) is 59.0 Å². The summed E-state index contributed by atoms with van der Waals surface area (Å²) in [5.74, 6) is 3.47. The topological polar surface area (TPSA) is 118 Å². The molecule has 3 aliphatic heterocycles. The minimum absolute atomic E-state index is 0.133. The van der Waals surface area contributed by atoms with E-state index in [0.29, 0.717) is 49.2 Å². The Hall–Kier alpha value is -4.39. The number of carbonyl (C=O) groups excluding carboxylic acids is 1. The van der Waals surface area contributed by atoms with Crippen LogP contribution in [0.1, 0.15) is 42.3 Å². The molecule has 4 heterocycles. The average molecular weight is 678 g/mol. The fourth-order valence-electron chi connectivity index (χ4n) is 6.78. The van der Waals surface area contributed by atoms with E-state index in [1.54, 1.807) is 47.3 Å². The summed E-state index contributed by atoms with van der Waals surface area (Å²) in [4.78, 5) is 30.6. The predicted octanol–water partition coefficient (Wildman–Crippen LogP) is 5.30. The molecule has 48 heavy (non-hydrogen) atoms. The molecule has 1 saturated heterocycles. The van der Waals surface area contributed by atoms with Crippen LogP contribution in [-0.2, 0) is 40.5 Å². The minimum atomic E-state index is -0.370. The third kappa shape index (κ3) is 6.15. The number of carbonyl (C=O) groups is 1. The second-order valence-electron chi connectivity index (χ2n) is 12.4. The van der Waals surface area contributed by atoms with Crippen molar-refractivity contribution in [2.75, 3.05) is 42.2 Å². The highest BCUT2D eigenvalue weighted by atomic mass is 32.2. The number of nitrogens with zero attached hydrogens (tertiary/aromatic N) is 5. The molecule has 256 valence electrons. The minimum Gasteiger partial charge on any atom is -0.497 e. The number of aliphatic imine (C=N–C) groups is 2. The first-order valence-corrected chi connectivity index (χ1v) is 16.8. The molecule has 0 unspecified atom stereocenters.